The molecule has 0 bridgehead atoms. The lowest BCUT2D eigenvalue weighted by atomic mass is 9.96. The fourth-order valence-corrected chi connectivity index (χ4v) is 3.30. The maximum atomic E-state index is 13.4. The predicted octanol–water partition coefficient (Wildman–Crippen LogP) is 1.92. The zero-order valence-corrected chi connectivity index (χ0v) is 13.1. The van der Waals surface area contributed by atoms with Crippen LogP contribution in [0.3, 0.4) is 0 Å². The van der Waals surface area contributed by atoms with Crippen molar-refractivity contribution < 1.29 is 23.0 Å². The molecule has 2 N–H and O–H groups in total. The molecule has 0 aromatic heterocycles. The molecule has 7 heteroatoms. The molecule has 2 aliphatic heterocycles. The summed E-state index contributed by atoms with van der Waals surface area (Å²) in [6, 6.07) is 2.94. The number of ether oxygens (including phenoxy) is 2. The van der Waals surface area contributed by atoms with Crippen LogP contribution < -0.4 is 10.6 Å². The third-order valence-electron chi connectivity index (χ3n) is 4.29. The molecule has 1 aromatic rings. The molecule has 2 heterocycles. The highest BCUT2D eigenvalue weighted by Crippen LogP contribution is 2.24. The lowest BCUT2D eigenvalue weighted by Crippen LogP contribution is -2.44. The number of rotatable bonds is 6. The Labute approximate surface area is 139 Å². The van der Waals surface area contributed by atoms with Crippen molar-refractivity contribution in [2.45, 2.75) is 37.1 Å². The first kappa shape index (κ1) is 16.9. The van der Waals surface area contributed by atoms with Crippen molar-refractivity contribution in [2.75, 3.05) is 13.2 Å². The minimum Gasteiger partial charge on any atom is -0.442 e. The minimum atomic E-state index is -0.635. The molecule has 1 unspecified atom stereocenters. The van der Waals surface area contributed by atoms with Crippen LogP contribution in [-0.4, -0.2) is 43.5 Å². The van der Waals surface area contributed by atoms with Gasteiger partial charge < -0.3 is 20.1 Å². The monoisotopic (exact) mass is 338 g/mol. The number of benzene rings is 1. The number of nitrogens with one attached hydrogen (secondary N) is 2. The van der Waals surface area contributed by atoms with E-state index in [1.165, 1.54) is 12.1 Å². The topological polar surface area (TPSA) is 59.6 Å². The molecule has 1 amide bonds. The first-order chi connectivity index (χ1) is 11.5. The number of halogens is 2. The third-order valence-corrected chi connectivity index (χ3v) is 4.29. The lowest BCUT2D eigenvalue weighted by Gasteiger charge is -2.23. The standard InChI is InChI=1S/C17H20F2N2O3/c1-2-3-23-13-8-14(20-9-13)16-15(21-17(22)24-16)6-10-4-11(18)7-12(19)5-10/h2,4-5,7,13-16,20H,1,3,6,8-9H2,(H,21,22)/t13-,14-,15-,16?/m1/s1. The molecule has 2 aliphatic rings. The summed E-state index contributed by atoms with van der Waals surface area (Å²) in [5.41, 5.74) is 0.478. The van der Waals surface area contributed by atoms with Crippen LogP contribution >= 0.6 is 0 Å². The van der Waals surface area contributed by atoms with Gasteiger partial charge in [0.05, 0.1) is 18.8 Å². The first-order valence-electron chi connectivity index (χ1n) is 7.93. The van der Waals surface area contributed by atoms with Crippen molar-refractivity contribution in [3.8, 4) is 0 Å². The normalized spacial score (nSPS) is 29.3. The van der Waals surface area contributed by atoms with E-state index < -0.39 is 23.8 Å². The largest absolute Gasteiger partial charge is 0.442 e. The van der Waals surface area contributed by atoms with Gasteiger partial charge in [-0.15, -0.1) is 6.58 Å². The average molecular weight is 338 g/mol. The Morgan fingerprint density at radius 3 is 2.79 bits per heavy atom. The van der Waals surface area contributed by atoms with E-state index in [9.17, 15) is 13.6 Å². The summed E-state index contributed by atoms with van der Waals surface area (Å²) in [5, 5.41) is 6.02. The van der Waals surface area contributed by atoms with E-state index in [-0.39, 0.29) is 18.2 Å². The highest BCUT2D eigenvalue weighted by atomic mass is 19.1. The van der Waals surface area contributed by atoms with Gasteiger partial charge in [-0.05, 0) is 30.5 Å². The van der Waals surface area contributed by atoms with Gasteiger partial charge in [-0.1, -0.05) is 6.08 Å². The highest BCUT2D eigenvalue weighted by Gasteiger charge is 2.42. The van der Waals surface area contributed by atoms with Crippen molar-refractivity contribution in [1.29, 1.82) is 0 Å². The second-order valence-electron chi connectivity index (χ2n) is 6.10. The minimum absolute atomic E-state index is 0.0274. The first-order valence-corrected chi connectivity index (χ1v) is 7.93. The molecule has 0 aliphatic carbocycles. The molecule has 2 fully saturated rings. The van der Waals surface area contributed by atoms with Gasteiger partial charge in [-0.2, -0.15) is 0 Å². The Kier molecular flexibility index (Phi) is 5.11. The van der Waals surface area contributed by atoms with Gasteiger partial charge >= 0.3 is 6.09 Å². The zero-order valence-electron chi connectivity index (χ0n) is 13.1. The number of carbonyl (C=O) groups is 1. The van der Waals surface area contributed by atoms with Gasteiger partial charge in [0.2, 0.25) is 0 Å². The SMILES string of the molecule is C=CCO[C@H]1CN[C@@H](C2OC(=O)N[C@@H]2Cc2cc(F)cc(F)c2)C1. The second kappa shape index (κ2) is 7.27. The van der Waals surface area contributed by atoms with E-state index in [2.05, 4.69) is 17.2 Å². The molecule has 0 spiro atoms. The summed E-state index contributed by atoms with van der Waals surface area (Å²) >= 11 is 0. The summed E-state index contributed by atoms with van der Waals surface area (Å²) in [4.78, 5) is 11.6. The van der Waals surface area contributed by atoms with Crippen LogP contribution in [0.4, 0.5) is 13.6 Å². The summed E-state index contributed by atoms with van der Waals surface area (Å²) in [6.45, 7) is 4.74. The fraction of sp³-hybridized carbons (Fsp3) is 0.471. The van der Waals surface area contributed by atoms with Crippen molar-refractivity contribution in [3.63, 3.8) is 0 Å². The van der Waals surface area contributed by atoms with Crippen LogP contribution in [0.25, 0.3) is 0 Å². The molecule has 2 saturated heterocycles. The van der Waals surface area contributed by atoms with Crippen LogP contribution in [0.15, 0.2) is 30.9 Å². The Hall–Kier alpha value is -1.99. The molecule has 0 saturated carbocycles. The van der Waals surface area contributed by atoms with E-state index in [4.69, 9.17) is 9.47 Å². The van der Waals surface area contributed by atoms with Crippen LogP contribution in [-0.2, 0) is 15.9 Å². The van der Waals surface area contributed by atoms with E-state index in [1.807, 2.05) is 0 Å². The fourth-order valence-electron chi connectivity index (χ4n) is 3.30. The molecule has 0 radical (unpaired) electrons. The molecule has 24 heavy (non-hydrogen) atoms. The number of hydrogen-bond donors (Lipinski definition) is 2. The molecule has 3 rings (SSSR count). The van der Waals surface area contributed by atoms with Crippen LogP contribution in [0.2, 0.25) is 0 Å². The molecular weight excluding hydrogens is 318 g/mol. The molecule has 5 nitrogen and oxygen atoms in total. The van der Waals surface area contributed by atoms with E-state index >= 15 is 0 Å². The van der Waals surface area contributed by atoms with Crippen molar-refractivity contribution >= 4 is 6.09 Å². The average Bonchev–Trinajstić information content (AvgIpc) is 3.10. The summed E-state index contributed by atoms with van der Waals surface area (Å²) < 4.78 is 37.7. The maximum absolute atomic E-state index is 13.4. The summed E-state index contributed by atoms with van der Waals surface area (Å²) in [7, 11) is 0. The summed E-state index contributed by atoms with van der Waals surface area (Å²) in [6.07, 6.45) is 1.77. The van der Waals surface area contributed by atoms with Gasteiger partial charge in [0.25, 0.3) is 0 Å². The van der Waals surface area contributed by atoms with E-state index in [0.717, 1.165) is 6.07 Å². The third kappa shape index (κ3) is 3.91. The summed E-state index contributed by atoms with van der Waals surface area (Å²) in [5.74, 6) is -1.27. The second-order valence-corrected chi connectivity index (χ2v) is 6.10. The lowest BCUT2D eigenvalue weighted by molar-refractivity contribution is 0.0749. The van der Waals surface area contributed by atoms with Crippen LogP contribution in [0.1, 0.15) is 12.0 Å². The number of cyclic esters (lactones) is 1. The number of hydrogen-bond acceptors (Lipinski definition) is 4. The van der Waals surface area contributed by atoms with E-state index in [1.54, 1.807) is 6.08 Å². The van der Waals surface area contributed by atoms with Gasteiger partial charge in [0.15, 0.2) is 0 Å². The zero-order chi connectivity index (χ0) is 17.1. The van der Waals surface area contributed by atoms with Crippen molar-refractivity contribution in [2.24, 2.45) is 0 Å². The van der Waals surface area contributed by atoms with Gasteiger partial charge in [0, 0.05) is 18.7 Å². The Balaban J connectivity index is 1.66. The Morgan fingerprint density at radius 2 is 2.08 bits per heavy atom. The predicted molar refractivity (Wildman–Crippen MR) is 83.6 cm³/mol. The van der Waals surface area contributed by atoms with Crippen LogP contribution in [0, 0.1) is 11.6 Å². The number of amides is 1. The van der Waals surface area contributed by atoms with Gasteiger partial charge in [-0.25, -0.2) is 13.6 Å². The maximum Gasteiger partial charge on any atom is 0.407 e. The molecule has 1 aromatic carbocycles. The van der Waals surface area contributed by atoms with Crippen molar-refractivity contribution in [3.05, 3.63) is 48.1 Å². The number of carbonyl (C=O) groups excluding carboxylic acids is 1. The van der Waals surface area contributed by atoms with E-state index in [0.29, 0.717) is 31.6 Å². The quantitative estimate of drug-likeness (QED) is 0.778. The highest BCUT2D eigenvalue weighted by molar-refractivity contribution is 5.70. The molecular formula is C17H20F2N2O3. The Bertz CT molecular complexity index is 606. The molecule has 4 atom stereocenters. The van der Waals surface area contributed by atoms with Gasteiger partial charge in [0.1, 0.15) is 17.7 Å². The molecule has 130 valence electrons. The number of alkyl carbamates (subject to hydrolysis) is 1. The van der Waals surface area contributed by atoms with Gasteiger partial charge in [-0.3, -0.25) is 0 Å². The Morgan fingerprint density at radius 1 is 1.33 bits per heavy atom. The van der Waals surface area contributed by atoms with Crippen molar-refractivity contribution in [1.82, 2.24) is 10.6 Å². The van der Waals surface area contributed by atoms with Crippen LogP contribution in [0.5, 0.6) is 0 Å². The smallest absolute Gasteiger partial charge is 0.407 e.